The number of aromatic amines is 1. The molecule has 7 atom stereocenters. The quantitative estimate of drug-likeness (QED) is 0.136. The molecule has 1 saturated heterocycles. The van der Waals surface area contributed by atoms with E-state index >= 15 is 0 Å². The van der Waals surface area contributed by atoms with Crippen molar-refractivity contribution in [3.05, 3.63) is 33.1 Å². The van der Waals surface area contributed by atoms with Gasteiger partial charge in [0.1, 0.15) is 18.3 Å². The van der Waals surface area contributed by atoms with Gasteiger partial charge >= 0.3 is 29.2 Å². The average molecular weight is 563 g/mol. The number of aromatic nitrogens is 2. The van der Waals surface area contributed by atoms with Crippen LogP contribution in [-0.4, -0.2) is 62.7 Å². The van der Waals surface area contributed by atoms with Gasteiger partial charge in [0.15, 0.2) is 11.2 Å². The first kappa shape index (κ1) is 25.7. The molecule has 1 aromatic rings. The topological polar surface area (TPSA) is 264 Å². The zero-order valence-corrected chi connectivity index (χ0v) is 18.3. The molecule has 0 saturated carbocycles. The second-order valence-corrected chi connectivity index (χ2v) is 10.8. The van der Waals surface area contributed by atoms with Crippen molar-refractivity contribution in [3.8, 4) is 0 Å². The molecule has 1 aliphatic rings. The minimum Gasteiger partial charge on any atom is -0.387 e. The van der Waals surface area contributed by atoms with E-state index in [9.17, 15) is 38.4 Å². The number of rotatable bonds is 8. The summed E-state index contributed by atoms with van der Waals surface area (Å²) in [5.41, 5.74) is -1.77. The Labute approximate surface area is 173 Å². The molecule has 17 nitrogen and oxygen atoms in total. The normalized spacial score (nSPS) is 29.8. The van der Waals surface area contributed by atoms with Crippen molar-refractivity contribution >= 4 is 39.4 Å². The van der Waals surface area contributed by atoms with Crippen molar-refractivity contribution in [2.45, 2.75) is 29.6 Å². The second-order valence-electron chi connectivity index (χ2n) is 5.54. The lowest BCUT2D eigenvalue weighted by atomic mass is 10.1. The predicted molar refractivity (Wildman–Crippen MR) is 94.9 cm³/mol. The van der Waals surface area contributed by atoms with Gasteiger partial charge < -0.3 is 34.5 Å². The van der Waals surface area contributed by atoms with Gasteiger partial charge in [0.25, 0.3) is 5.56 Å². The van der Waals surface area contributed by atoms with Crippen LogP contribution in [0.15, 0.2) is 21.9 Å². The minimum absolute atomic E-state index is 0.694. The van der Waals surface area contributed by atoms with Gasteiger partial charge in [0, 0.05) is 12.3 Å². The number of hydrogen-bond donors (Lipinski definition) is 7. The van der Waals surface area contributed by atoms with Gasteiger partial charge in [-0.2, -0.15) is 8.62 Å². The predicted octanol–water partition coefficient (Wildman–Crippen LogP) is -1.78. The average Bonchev–Trinajstić information content (AvgIpc) is 2.79. The Kier molecular flexibility index (Phi) is 7.83. The van der Waals surface area contributed by atoms with E-state index in [2.05, 4.69) is 29.1 Å². The smallest absolute Gasteiger partial charge is 0.387 e. The van der Waals surface area contributed by atoms with Gasteiger partial charge in [-0.05, 0) is 0 Å². The first-order valence-corrected chi connectivity index (χ1v) is 12.7. The number of nitrogens with zero attached hydrogens (tertiary/aromatic N) is 1. The molecule has 0 spiro atoms. The fraction of sp³-hybridized carbons (Fsp3) is 0.556. The summed E-state index contributed by atoms with van der Waals surface area (Å²) < 4.78 is 51.1. The van der Waals surface area contributed by atoms with Crippen LogP contribution in [0.2, 0.25) is 0 Å². The number of halogens is 1. The highest BCUT2D eigenvalue weighted by molar-refractivity contribution is 9.09. The third-order valence-electron chi connectivity index (χ3n) is 3.31. The first-order valence-electron chi connectivity index (χ1n) is 7.31. The van der Waals surface area contributed by atoms with Crippen LogP contribution in [0.5, 0.6) is 0 Å². The molecule has 0 bridgehead atoms. The summed E-state index contributed by atoms with van der Waals surface area (Å²) in [4.78, 5) is 60.3. The Balaban J connectivity index is 2.14. The van der Waals surface area contributed by atoms with Gasteiger partial charge in [-0.25, -0.2) is 18.5 Å². The number of ether oxygens (including phenoxy) is 1. The maximum Gasteiger partial charge on any atom is 0.490 e. The number of alkyl halides is 1. The molecular formula is C9H14BrN2O15P3. The van der Waals surface area contributed by atoms with Crippen LogP contribution in [0.4, 0.5) is 0 Å². The Morgan fingerprint density at radius 2 is 1.67 bits per heavy atom. The number of nitrogens with one attached hydrogen (secondary N) is 1. The molecule has 1 aromatic heterocycles. The Hall–Kier alpha value is -0.550. The van der Waals surface area contributed by atoms with Crippen LogP contribution in [-0.2, 0) is 31.6 Å². The highest BCUT2D eigenvalue weighted by atomic mass is 79.9. The maximum atomic E-state index is 11.8. The molecule has 2 rings (SSSR count). The molecule has 7 N–H and O–H groups in total. The molecule has 1 aliphatic heterocycles. The standard InChI is InChI=1S/C9H14BrN2O15P3/c10-7(25-29(20,21)27-30(22,23)26-28(17,18)19)6-4(14)5(15)8(24-6)12-2-1-3(13)11-9(12)16/h1-2,4-8,14-15H,(H,20,21)(H,22,23)(H,11,13,16)(H2,17,18,19)/t4-,5+,6-,7?,8+/m0/s1. The summed E-state index contributed by atoms with van der Waals surface area (Å²) in [5.74, 6) is 0. The van der Waals surface area contributed by atoms with E-state index < -0.39 is 64.3 Å². The lowest BCUT2D eigenvalue weighted by molar-refractivity contribution is -0.0603. The van der Waals surface area contributed by atoms with Gasteiger partial charge in [-0.1, -0.05) is 15.9 Å². The SMILES string of the molecule is O=c1ccn([C@@H]2O[C@H](C(Br)OP(=O)(O)OP(=O)(O)OP(=O)(O)O)[C@@H](O)[C@H]2O)c(=O)[nH]1. The fourth-order valence-corrected chi connectivity index (χ4v) is 6.35. The van der Waals surface area contributed by atoms with Gasteiger partial charge in [0.05, 0.1) is 0 Å². The van der Waals surface area contributed by atoms with Gasteiger partial charge in [-0.3, -0.25) is 18.9 Å². The van der Waals surface area contributed by atoms with E-state index in [0.29, 0.717) is 4.57 Å². The monoisotopic (exact) mass is 562 g/mol. The lowest BCUT2D eigenvalue weighted by Gasteiger charge is -2.23. The number of H-pyrrole nitrogens is 1. The largest absolute Gasteiger partial charge is 0.490 e. The number of hydrogen-bond acceptors (Lipinski definition) is 11. The molecule has 172 valence electrons. The summed E-state index contributed by atoms with van der Waals surface area (Å²) in [6.45, 7) is 0. The first-order chi connectivity index (χ1) is 13.5. The molecule has 3 unspecified atom stereocenters. The van der Waals surface area contributed by atoms with Crippen molar-refractivity contribution in [1.82, 2.24) is 9.55 Å². The lowest BCUT2D eigenvalue weighted by Crippen LogP contribution is -2.38. The number of aliphatic hydroxyl groups is 2. The summed E-state index contributed by atoms with van der Waals surface area (Å²) in [6.07, 6.45) is -5.99. The van der Waals surface area contributed by atoms with Crippen LogP contribution >= 0.6 is 39.4 Å². The third-order valence-corrected chi connectivity index (χ3v) is 8.13. The van der Waals surface area contributed by atoms with Crippen LogP contribution in [0.3, 0.4) is 0 Å². The van der Waals surface area contributed by atoms with E-state index in [1.807, 2.05) is 4.98 Å². The van der Waals surface area contributed by atoms with E-state index in [-0.39, 0.29) is 0 Å². The maximum absolute atomic E-state index is 11.8. The second kappa shape index (κ2) is 9.13. The third kappa shape index (κ3) is 6.72. The molecule has 21 heteroatoms. The van der Waals surface area contributed by atoms with Crippen molar-refractivity contribution in [3.63, 3.8) is 0 Å². The van der Waals surface area contributed by atoms with E-state index in [4.69, 9.17) is 19.4 Å². The Morgan fingerprint density at radius 1 is 1.07 bits per heavy atom. The minimum atomic E-state index is -5.78. The van der Waals surface area contributed by atoms with Gasteiger partial charge in [-0.15, -0.1) is 0 Å². The Morgan fingerprint density at radius 3 is 2.20 bits per heavy atom. The Bertz CT molecular complexity index is 1030. The van der Waals surface area contributed by atoms with Crippen LogP contribution < -0.4 is 11.2 Å². The number of phosphoric ester groups is 1. The summed E-state index contributed by atoms with van der Waals surface area (Å²) in [6, 6.07) is 0.912. The molecule has 2 heterocycles. The molecule has 0 radical (unpaired) electrons. The highest BCUT2D eigenvalue weighted by Gasteiger charge is 2.50. The summed E-state index contributed by atoms with van der Waals surface area (Å²) in [5, 5.41) is 18.3. The summed E-state index contributed by atoms with van der Waals surface area (Å²) >= 11 is 2.67. The van der Waals surface area contributed by atoms with E-state index in [0.717, 1.165) is 12.3 Å². The van der Waals surface area contributed by atoms with Gasteiger partial charge in [0.2, 0.25) is 0 Å². The zero-order valence-electron chi connectivity index (χ0n) is 14.1. The van der Waals surface area contributed by atoms with Crippen molar-refractivity contribution < 1.29 is 61.4 Å². The van der Waals surface area contributed by atoms with Crippen LogP contribution in [0, 0.1) is 0 Å². The van der Waals surface area contributed by atoms with E-state index in [1.165, 1.54) is 0 Å². The van der Waals surface area contributed by atoms with Crippen molar-refractivity contribution in [2.24, 2.45) is 0 Å². The fourth-order valence-electron chi connectivity index (χ4n) is 2.25. The summed E-state index contributed by atoms with van der Waals surface area (Å²) in [7, 11) is -16.9. The van der Waals surface area contributed by atoms with Crippen LogP contribution in [0.25, 0.3) is 0 Å². The molecule has 1 fully saturated rings. The van der Waals surface area contributed by atoms with Crippen molar-refractivity contribution in [2.75, 3.05) is 0 Å². The molecule has 0 amide bonds. The molecule has 30 heavy (non-hydrogen) atoms. The molecule has 0 aromatic carbocycles. The van der Waals surface area contributed by atoms with Crippen LogP contribution in [0.1, 0.15) is 6.23 Å². The number of aliphatic hydroxyl groups excluding tert-OH is 2. The van der Waals surface area contributed by atoms with E-state index in [1.54, 1.807) is 0 Å². The highest BCUT2D eigenvalue weighted by Crippen LogP contribution is 2.67. The molecular weight excluding hydrogens is 549 g/mol. The zero-order chi connectivity index (χ0) is 23.1. The molecule has 0 aliphatic carbocycles. The van der Waals surface area contributed by atoms with Crippen molar-refractivity contribution in [1.29, 1.82) is 0 Å². The number of phosphoric acid groups is 3.